The van der Waals surface area contributed by atoms with Crippen LogP contribution in [0.3, 0.4) is 0 Å². The van der Waals surface area contributed by atoms with Crippen LogP contribution < -0.4 is 4.74 Å². The molecule has 130 valence electrons. The number of phenolic OH excluding ortho intramolecular Hbond substituents is 1. The number of halogens is 1. The molecule has 2 aromatic rings. The molecular weight excluding hydrogens is 303 g/mol. The number of phenols is 1. The van der Waals surface area contributed by atoms with E-state index in [1.54, 1.807) is 7.11 Å². The highest BCUT2D eigenvalue weighted by Gasteiger charge is 2.26. The van der Waals surface area contributed by atoms with Gasteiger partial charge in [-0.15, -0.1) is 0 Å². The first kappa shape index (κ1) is 18.3. The number of benzene rings is 2. The van der Waals surface area contributed by atoms with Gasteiger partial charge >= 0.3 is 0 Å². The van der Waals surface area contributed by atoms with Gasteiger partial charge in [0.05, 0.1) is 7.11 Å². The van der Waals surface area contributed by atoms with Crippen LogP contribution in [0.2, 0.25) is 0 Å². The second-order valence-electron chi connectivity index (χ2n) is 8.00. The SMILES string of the molecule is COc1ccc(C(C)(C)Cc2cc(C(C)(C)C)cc(F)c2O)cc1. The largest absolute Gasteiger partial charge is 0.505 e. The predicted octanol–water partition coefficient (Wildman–Crippen LogP) is 5.36. The van der Waals surface area contributed by atoms with Gasteiger partial charge in [0.25, 0.3) is 0 Å². The summed E-state index contributed by atoms with van der Waals surface area (Å²) >= 11 is 0. The lowest BCUT2D eigenvalue weighted by molar-refractivity contribution is 0.409. The smallest absolute Gasteiger partial charge is 0.165 e. The Hall–Kier alpha value is -2.03. The summed E-state index contributed by atoms with van der Waals surface area (Å²) in [4.78, 5) is 0. The lowest BCUT2D eigenvalue weighted by atomic mass is 9.77. The van der Waals surface area contributed by atoms with Gasteiger partial charge in [-0.2, -0.15) is 0 Å². The Labute approximate surface area is 144 Å². The third-order valence-corrected chi connectivity index (χ3v) is 4.51. The van der Waals surface area contributed by atoms with Crippen LogP contribution in [0.25, 0.3) is 0 Å². The Balaban J connectivity index is 2.39. The molecule has 0 aliphatic heterocycles. The number of hydrogen-bond donors (Lipinski definition) is 1. The normalized spacial score (nSPS) is 12.3. The number of ether oxygens (including phenoxy) is 1. The Bertz CT molecular complexity index is 710. The summed E-state index contributed by atoms with van der Waals surface area (Å²) in [7, 11) is 1.64. The van der Waals surface area contributed by atoms with Crippen molar-refractivity contribution in [2.24, 2.45) is 0 Å². The monoisotopic (exact) mass is 330 g/mol. The van der Waals surface area contributed by atoms with Gasteiger partial charge in [-0.05, 0) is 52.1 Å². The van der Waals surface area contributed by atoms with E-state index in [1.807, 2.05) is 51.1 Å². The highest BCUT2D eigenvalue weighted by molar-refractivity contribution is 5.42. The van der Waals surface area contributed by atoms with Crippen molar-refractivity contribution in [2.45, 2.75) is 51.9 Å². The van der Waals surface area contributed by atoms with Crippen molar-refractivity contribution in [3.8, 4) is 11.5 Å². The van der Waals surface area contributed by atoms with E-state index in [2.05, 4.69) is 13.8 Å². The molecule has 3 heteroatoms. The van der Waals surface area contributed by atoms with Crippen LogP contribution in [-0.4, -0.2) is 12.2 Å². The summed E-state index contributed by atoms with van der Waals surface area (Å²) in [5.74, 6) is 0.00529. The molecule has 0 aliphatic rings. The second kappa shape index (κ2) is 6.46. The minimum atomic E-state index is -0.553. The standard InChI is InChI=1S/C21H27FO2/c1-20(2,3)16-11-14(19(23)18(22)12-16)13-21(4,5)15-7-9-17(24-6)10-8-15/h7-12,23H,13H2,1-6H3. The minimum absolute atomic E-state index is 0.173. The Morgan fingerprint density at radius 3 is 2.04 bits per heavy atom. The van der Waals surface area contributed by atoms with E-state index in [-0.39, 0.29) is 16.6 Å². The first-order chi connectivity index (χ1) is 11.0. The fourth-order valence-electron chi connectivity index (χ4n) is 2.84. The van der Waals surface area contributed by atoms with Crippen molar-refractivity contribution < 1.29 is 14.2 Å². The van der Waals surface area contributed by atoms with Gasteiger partial charge in [-0.3, -0.25) is 0 Å². The molecule has 0 spiro atoms. The molecule has 2 aromatic carbocycles. The van der Waals surface area contributed by atoms with Crippen LogP contribution in [0.15, 0.2) is 36.4 Å². The molecular formula is C21H27FO2. The van der Waals surface area contributed by atoms with Crippen LogP contribution >= 0.6 is 0 Å². The first-order valence-electron chi connectivity index (χ1n) is 8.21. The Morgan fingerprint density at radius 1 is 0.958 bits per heavy atom. The number of aromatic hydroxyl groups is 1. The highest BCUT2D eigenvalue weighted by atomic mass is 19.1. The zero-order valence-electron chi connectivity index (χ0n) is 15.4. The van der Waals surface area contributed by atoms with Crippen molar-refractivity contribution >= 4 is 0 Å². The van der Waals surface area contributed by atoms with Crippen molar-refractivity contribution in [3.63, 3.8) is 0 Å². The van der Waals surface area contributed by atoms with Gasteiger partial charge in [-0.25, -0.2) is 4.39 Å². The predicted molar refractivity (Wildman–Crippen MR) is 96.5 cm³/mol. The lowest BCUT2D eigenvalue weighted by Crippen LogP contribution is -2.21. The average Bonchev–Trinajstić information content (AvgIpc) is 2.50. The van der Waals surface area contributed by atoms with E-state index in [0.717, 1.165) is 16.9 Å². The van der Waals surface area contributed by atoms with E-state index in [0.29, 0.717) is 12.0 Å². The topological polar surface area (TPSA) is 29.5 Å². The third kappa shape index (κ3) is 3.89. The fourth-order valence-corrected chi connectivity index (χ4v) is 2.84. The van der Waals surface area contributed by atoms with E-state index in [9.17, 15) is 9.50 Å². The maximum absolute atomic E-state index is 14.2. The molecule has 0 heterocycles. The average molecular weight is 330 g/mol. The summed E-state index contributed by atoms with van der Waals surface area (Å²) in [5.41, 5.74) is 2.23. The molecule has 0 aliphatic carbocycles. The summed E-state index contributed by atoms with van der Waals surface area (Å²) in [5, 5.41) is 10.2. The maximum atomic E-state index is 14.2. The van der Waals surface area contributed by atoms with Gasteiger partial charge < -0.3 is 9.84 Å². The van der Waals surface area contributed by atoms with Crippen molar-refractivity contribution in [1.29, 1.82) is 0 Å². The quantitative estimate of drug-likeness (QED) is 0.818. The molecule has 1 N–H and O–H groups in total. The van der Waals surface area contributed by atoms with Crippen molar-refractivity contribution in [1.82, 2.24) is 0 Å². The Morgan fingerprint density at radius 2 is 1.54 bits per heavy atom. The van der Waals surface area contributed by atoms with Crippen LogP contribution in [-0.2, 0) is 17.3 Å². The summed E-state index contributed by atoms with van der Waals surface area (Å²) in [6, 6.07) is 11.2. The highest BCUT2D eigenvalue weighted by Crippen LogP contribution is 2.36. The van der Waals surface area contributed by atoms with Crippen molar-refractivity contribution in [2.75, 3.05) is 7.11 Å². The zero-order chi connectivity index (χ0) is 18.1. The van der Waals surface area contributed by atoms with E-state index in [1.165, 1.54) is 6.07 Å². The Kier molecular flexibility index (Phi) is 4.93. The summed E-state index contributed by atoms with van der Waals surface area (Å²) in [6.07, 6.45) is 0.548. The number of rotatable bonds is 4. The molecule has 2 nitrogen and oxygen atoms in total. The van der Waals surface area contributed by atoms with E-state index >= 15 is 0 Å². The summed E-state index contributed by atoms with van der Waals surface area (Å²) in [6.45, 7) is 10.3. The van der Waals surface area contributed by atoms with Crippen LogP contribution in [0.5, 0.6) is 11.5 Å². The van der Waals surface area contributed by atoms with Gasteiger partial charge in [0.1, 0.15) is 5.75 Å². The molecule has 2 rings (SSSR count). The van der Waals surface area contributed by atoms with Crippen LogP contribution in [0, 0.1) is 5.82 Å². The molecule has 0 bridgehead atoms. The first-order valence-corrected chi connectivity index (χ1v) is 8.21. The molecule has 0 atom stereocenters. The van der Waals surface area contributed by atoms with Gasteiger partial charge in [-0.1, -0.05) is 52.8 Å². The third-order valence-electron chi connectivity index (χ3n) is 4.51. The number of methoxy groups -OCH3 is 1. The lowest BCUT2D eigenvalue weighted by Gasteiger charge is -2.28. The molecule has 0 radical (unpaired) electrons. The molecule has 0 unspecified atom stereocenters. The molecule has 0 fully saturated rings. The van der Waals surface area contributed by atoms with Gasteiger partial charge in [0.2, 0.25) is 0 Å². The van der Waals surface area contributed by atoms with Crippen molar-refractivity contribution in [3.05, 3.63) is 58.9 Å². The van der Waals surface area contributed by atoms with Gasteiger partial charge in [0.15, 0.2) is 11.6 Å². The summed E-state index contributed by atoms with van der Waals surface area (Å²) < 4.78 is 19.4. The maximum Gasteiger partial charge on any atom is 0.165 e. The number of hydrogen-bond acceptors (Lipinski definition) is 2. The molecule has 0 saturated heterocycles. The molecule has 0 saturated carbocycles. The van der Waals surface area contributed by atoms with Gasteiger partial charge in [0, 0.05) is 0 Å². The molecule has 24 heavy (non-hydrogen) atoms. The second-order valence-corrected chi connectivity index (χ2v) is 8.00. The molecule has 0 amide bonds. The zero-order valence-corrected chi connectivity index (χ0v) is 15.4. The minimum Gasteiger partial charge on any atom is -0.505 e. The fraction of sp³-hybridized carbons (Fsp3) is 0.429. The van der Waals surface area contributed by atoms with Crippen LogP contribution in [0.4, 0.5) is 4.39 Å². The van der Waals surface area contributed by atoms with E-state index < -0.39 is 5.82 Å². The molecule has 0 aromatic heterocycles. The van der Waals surface area contributed by atoms with E-state index in [4.69, 9.17) is 4.74 Å². The van der Waals surface area contributed by atoms with Crippen LogP contribution in [0.1, 0.15) is 51.3 Å².